The molecule has 1 saturated heterocycles. The Labute approximate surface area is 155 Å². The first-order valence-corrected chi connectivity index (χ1v) is 8.25. The minimum Gasteiger partial charge on any atom is -0.377 e. The minimum absolute atomic E-state index is 0.0147. The standard InChI is InChI=1S/C16H14F3N7O2/c17-16(18,19)12-6-13(21-9-20-12)23-10-7-28-8-11(10)26-15(27)3-2-14(24-26)25-5-1-4-22-25/h1-6,9-11H,7-8H2,(H,20,21,23). The molecule has 2 unspecified atom stereocenters. The number of hydrogen-bond donors (Lipinski definition) is 1. The van der Waals surface area contributed by atoms with E-state index < -0.39 is 24.0 Å². The zero-order chi connectivity index (χ0) is 19.7. The van der Waals surface area contributed by atoms with Crippen LogP contribution in [0.1, 0.15) is 11.7 Å². The molecule has 9 nitrogen and oxygen atoms in total. The van der Waals surface area contributed by atoms with Gasteiger partial charge in [0.2, 0.25) is 0 Å². The molecule has 0 radical (unpaired) electrons. The summed E-state index contributed by atoms with van der Waals surface area (Å²) < 4.78 is 46.7. The van der Waals surface area contributed by atoms with Gasteiger partial charge < -0.3 is 10.1 Å². The maximum absolute atomic E-state index is 12.8. The molecule has 0 spiro atoms. The van der Waals surface area contributed by atoms with Crippen LogP contribution in [0, 0.1) is 0 Å². The lowest BCUT2D eigenvalue weighted by molar-refractivity contribution is -0.141. The highest BCUT2D eigenvalue weighted by Gasteiger charge is 2.35. The zero-order valence-corrected chi connectivity index (χ0v) is 14.2. The van der Waals surface area contributed by atoms with Gasteiger partial charge in [-0.05, 0) is 12.1 Å². The molecule has 0 saturated carbocycles. The average molecular weight is 393 g/mol. The number of anilines is 1. The number of nitrogens with one attached hydrogen (secondary N) is 1. The summed E-state index contributed by atoms with van der Waals surface area (Å²) in [7, 11) is 0. The van der Waals surface area contributed by atoms with E-state index in [9.17, 15) is 18.0 Å². The van der Waals surface area contributed by atoms with Gasteiger partial charge in [-0.3, -0.25) is 4.79 Å². The Balaban J connectivity index is 1.61. The van der Waals surface area contributed by atoms with Crippen molar-refractivity contribution in [2.75, 3.05) is 18.5 Å². The summed E-state index contributed by atoms with van der Waals surface area (Å²) in [6.45, 7) is 0.348. The number of nitrogens with zero attached hydrogens (tertiary/aromatic N) is 6. The Hall–Kier alpha value is -3.28. The average Bonchev–Trinajstić information content (AvgIpc) is 3.34. The van der Waals surface area contributed by atoms with Crippen LogP contribution in [0.25, 0.3) is 5.82 Å². The first-order valence-electron chi connectivity index (χ1n) is 8.25. The normalized spacial score (nSPS) is 19.7. The highest BCUT2D eigenvalue weighted by Crippen LogP contribution is 2.29. The molecule has 1 N–H and O–H groups in total. The Morgan fingerprint density at radius 1 is 1.21 bits per heavy atom. The van der Waals surface area contributed by atoms with Crippen LogP contribution in [-0.2, 0) is 10.9 Å². The summed E-state index contributed by atoms with van der Waals surface area (Å²) in [4.78, 5) is 19.4. The van der Waals surface area contributed by atoms with Gasteiger partial charge >= 0.3 is 6.18 Å². The molecule has 0 amide bonds. The van der Waals surface area contributed by atoms with Crippen LogP contribution >= 0.6 is 0 Å². The third kappa shape index (κ3) is 3.58. The van der Waals surface area contributed by atoms with Crippen molar-refractivity contribution in [1.82, 2.24) is 29.5 Å². The minimum atomic E-state index is -4.58. The van der Waals surface area contributed by atoms with Gasteiger partial charge in [-0.25, -0.2) is 19.3 Å². The number of ether oxygens (including phenoxy) is 1. The number of hydrogen-bond acceptors (Lipinski definition) is 7. The first kappa shape index (κ1) is 18.1. The third-order valence-electron chi connectivity index (χ3n) is 4.21. The smallest absolute Gasteiger partial charge is 0.377 e. The summed E-state index contributed by atoms with van der Waals surface area (Å²) in [5.41, 5.74) is -1.42. The quantitative estimate of drug-likeness (QED) is 0.713. The fourth-order valence-electron chi connectivity index (χ4n) is 2.88. The fraction of sp³-hybridized carbons (Fsp3) is 0.312. The van der Waals surface area contributed by atoms with Crippen molar-refractivity contribution in [3.63, 3.8) is 0 Å². The second-order valence-electron chi connectivity index (χ2n) is 6.07. The summed E-state index contributed by atoms with van der Waals surface area (Å²) in [6.07, 6.45) is -0.495. The van der Waals surface area contributed by atoms with E-state index >= 15 is 0 Å². The number of alkyl halides is 3. The Bertz CT molecular complexity index is 1020. The topological polar surface area (TPSA) is 99.8 Å². The molecule has 3 aromatic heterocycles. The predicted octanol–water partition coefficient (Wildman–Crippen LogP) is 1.29. The SMILES string of the molecule is O=c1ccc(-n2cccn2)nn1C1COCC1Nc1cc(C(F)(F)F)ncn1. The second kappa shape index (κ2) is 7.03. The molecule has 28 heavy (non-hydrogen) atoms. The lowest BCUT2D eigenvalue weighted by atomic mass is 10.1. The fourth-order valence-corrected chi connectivity index (χ4v) is 2.88. The van der Waals surface area contributed by atoms with Gasteiger partial charge in [0.25, 0.3) is 5.56 Å². The van der Waals surface area contributed by atoms with E-state index in [0.29, 0.717) is 5.82 Å². The van der Waals surface area contributed by atoms with Crippen LogP contribution < -0.4 is 10.9 Å². The molecule has 12 heteroatoms. The zero-order valence-electron chi connectivity index (χ0n) is 14.2. The summed E-state index contributed by atoms with van der Waals surface area (Å²) in [6, 6.07) is 4.37. The predicted molar refractivity (Wildman–Crippen MR) is 89.9 cm³/mol. The van der Waals surface area contributed by atoms with Gasteiger partial charge in [-0.15, -0.1) is 5.10 Å². The molecule has 1 aliphatic rings. The maximum Gasteiger partial charge on any atom is 0.433 e. The molecule has 4 rings (SSSR count). The molecule has 2 atom stereocenters. The number of aromatic nitrogens is 6. The lowest BCUT2D eigenvalue weighted by Crippen LogP contribution is -2.37. The van der Waals surface area contributed by atoms with E-state index in [1.54, 1.807) is 18.5 Å². The number of halogens is 3. The van der Waals surface area contributed by atoms with Crippen molar-refractivity contribution in [3.8, 4) is 5.82 Å². The molecule has 0 bridgehead atoms. The third-order valence-corrected chi connectivity index (χ3v) is 4.21. The maximum atomic E-state index is 12.8. The van der Waals surface area contributed by atoms with Crippen molar-refractivity contribution < 1.29 is 17.9 Å². The van der Waals surface area contributed by atoms with Crippen LogP contribution in [0.15, 0.2) is 47.8 Å². The van der Waals surface area contributed by atoms with Crippen molar-refractivity contribution in [1.29, 1.82) is 0 Å². The van der Waals surface area contributed by atoms with Gasteiger partial charge in [0.15, 0.2) is 5.82 Å². The van der Waals surface area contributed by atoms with Crippen molar-refractivity contribution in [2.45, 2.75) is 18.3 Å². The van der Waals surface area contributed by atoms with E-state index in [1.165, 1.54) is 21.5 Å². The Morgan fingerprint density at radius 2 is 2.07 bits per heavy atom. The summed E-state index contributed by atoms with van der Waals surface area (Å²) >= 11 is 0. The molecule has 1 fully saturated rings. The Kier molecular flexibility index (Phi) is 4.55. The van der Waals surface area contributed by atoms with Crippen molar-refractivity contribution in [2.24, 2.45) is 0 Å². The monoisotopic (exact) mass is 393 g/mol. The Morgan fingerprint density at radius 3 is 2.82 bits per heavy atom. The van der Waals surface area contributed by atoms with Gasteiger partial charge in [0.05, 0.1) is 19.3 Å². The van der Waals surface area contributed by atoms with Gasteiger partial charge in [-0.1, -0.05) is 0 Å². The van der Waals surface area contributed by atoms with E-state index in [4.69, 9.17) is 4.74 Å². The van der Waals surface area contributed by atoms with E-state index in [1.807, 2.05) is 0 Å². The highest BCUT2D eigenvalue weighted by molar-refractivity contribution is 5.37. The molecular formula is C16H14F3N7O2. The van der Waals surface area contributed by atoms with E-state index in [-0.39, 0.29) is 24.6 Å². The molecule has 0 aromatic carbocycles. The van der Waals surface area contributed by atoms with Crippen molar-refractivity contribution >= 4 is 5.82 Å². The summed E-state index contributed by atoms with van der Waals surface area (Å²) in [5, 5.41) is 11.3. The van der Waals surface area contributed by atoms with Crippen LogP contribution in [0.5, 0.6) is 0 Å². The molecular weight excluding hydrogens is 379 g/mol. The second-order valence-corrected chi connectivity index (χ2v) is 6.07. The van der Waals surface area contributed by atoms with Crippen LogP contribution in [0.3, 0.4) is 0 Å². The van der Waals surface area contributed by atoms with Gasteiger partial charge in [0, 0.05) is 24.5 Å². The highest BCUT2D eigenvalue weighted by atomic mass is 19.4. The molecule has 1 aliphatic heterocycles. The van der Waals surface area contributed by atoms with Crippen LogP contribution in [0.4, 0.5) is 19.0 Å². The van der Waals surface area contributed by atoms with E-state index in [0.717, 1.165) is 12.4 Å². The number of rotatable bonds is 4. The van der Waals surface area contributed by atoms with Crippen molar-refractivity contribution in [3.05, 3.63) is 59.0 Å². The lowest BCUT2D eigenvalue weighted by Gasteiger charge is -2.21. The van der Waals surface area contributed by atoms with Gasteiger partial charge in [0.1, 0.15) is 23.9 Å². The van der Waals surface area contributed by atoms with Crippen LogP contribution in [-0.4, -0.2) is 48.8 Å². The molecule has 3 aromatic rings. The van der Waals surface area contributed by atoms with E-state index in [2.05, 4.69) is 25.5 Å². The van der Waals surface area contributed by atoms with Crippen LogP contribution in [0.2, 0.25) is 0 Å². The van der Waals surface area contributed by atoms with Gasteiger partial charge in [-0.2, -0.15) is 18.3 Å². The molecule has 0 aliphatic carbocycles. The largest absolute Gasteiger partial charge is 0.433 e. The summed E-state index contributed by atoms with van der Waals surface area (Å²) in [5.74, 6) is 0.413. The molecule has 4 heterocycles. The first-order chi connectivity index (χ1) is 13.4. The molecule has 146 valence electrons.